The first-order valence-electron chi connectivity index (χ1n) is 7.17. The van der Waals surface area contributed by atoms with E-state index in [4.69, 9.17) is 3.79 Å². The van der Waals surface area contributed by atoms with Gasteiger partial charge in [0, 0.05) is 31.2 Å². The topological polar surface area (TPSA) is 15.7 Å². The Morgan fingerprint density at radius 1 is 1.10 bits per heavy atom. The van der Waals surface area contributed by atoms with Crippen LogP contribution in [0.15, 0.2) is 24.5 Å². The summed E-state index contributed by atoms with van der Waals surface area (Å²) < 4.78 is 5.71. The fraction of sp³-hybridized carbons (Fsp3) is 0.438. The van der Waals surface area contributed by atoms with Crippen LogP contribution < -0.4 is 4.90 Å². The molecule has 1 aromatic carbocycles. The third-order valence-electron chi connectivity index (χ3n) is 3.29. The summed E-state index contributed by atoms with van der Waals surface area (Å²) in [6.45, 7) is 11.5. The van der Waals surface area contributed by atoms with Crippen molar-refractivity contribution in [1.29, 1.82) is 0 Å². The maximum absolute atomic E-state index is 5.71. The van der Waals surface area contributed by atoms with Crippen LogP contribution in [-0.4, -0.2) is 32.5 Å². The molecule has 0 atom stereocenters. The number of benzene rings is 1. The third kappa shape index (κ3) is 3.79. The van der Waals surface area contributed by atoms with Crippen molar-refractivity contribution in [2.24, 2.45) is 0 Å². The zero-order valence-electron chi connectivity index (χ0n) is 13.1. The zero-order chi connectivity index (χ0) is 14.7. The van der Waals surface area contributed by atoms with Gasteiger partial charge in [0.25, 0.3) is 0 Å². The summed E-state index contributed by atoms with van der Waals surface area (Å²) in [5.41, 5.74) is 5.10. The lowest BCUT2D eigenvalue weighted by Crippen LogP contribution is -2.25. The Morgan fingerprint density at radius 2 is 1.75 bits per heavy atom. The molecule has 0 aliphatic carbocycles. The Labute approximate surface area is 127 Å². The summed E-state index contributed by atoms with van der Waals surface area (Å²) >= 11 is -0.920. The van der Waals surface area contributed by atoms with Crippen molar-refractivity contribution in [3.8, 4) is 0 Å². The third-order valence-corrected chi connectivity index (χ3v) is 4.19. The summed E-state index contributed by atoms with van der Waals surface area (Å²) in [6, 6.07) is 4.43. The minimum atomic E-state index is -0.920. The second-order valence-corrected chi connectivity index (χ2v) is 8.06. The van der Waals surface area contributed by atoms with Gasteiger partial charge in [-0.2, -0.15) is 0 Å². The van der Waals surface area contributed by atoms with E-state index < -0.39 is 14.5 Å². The summed E-state index contributed by atoms with van der Waals surface area (Å²) in [4.78, 5) is 4.15. The lowest BCUT2D eigenvalue weighted by molar-refractivity contribution is 0.282. The predicted octanol–water partition coefficient (Wildman–Crippen LogP) is 3.47. The minimum Gasteiger partial charge on any atom is -0.500 e. The van der Waals surface area contributed by atoms with Gasteiger partial charge < -0.3 is 13.6 Å². The van der Waals surface area contributed by atoms with E-state index in [1.54, 1.807) is 0 Å². The fourth-order valence-corrected chi connectivity index (χ4v) is 3.12. The molecule has 3 nitrogen and oxygen atoms in total. The number of anilines is 1. The maximum Gasteiger partial charge on any atom is 0.454 e. The van der Waals surface area contributed by atoms with Crippen LogP contribution in [0.5, 0.6) is 0 Å². The van der Waals surface area contributed by atoms with Crippen molar-refractivity contribution in [1.82, 2.24) is 4.90 Å². The molecule has 1 aromatic rings. The van der Waals surface area contributed by atoms with Crippen LogP contribution in [-0.2, 0) is 3.79 Å². The highest BCUT2D eigenvalue weighted by atomic mass is 27.2. The van der Waals surface area contributed by atoms with E-state index in [-0.39, 0.29) is 0 Å². The standard InChI is InChI=1S/C14H17N2O.2CH3.Al/c1-11-8-12(2)14(13(3)9-11)16-5-4-15(10-16)6-7-17;;;/h4-5,8-9H,6-7H2,1-3H3;2*1H3;/q-1;;;+1. The number of nitrogens with zero attached hydrogens (tertiary/aromatic N) is 2. The van der Waals surface area contributed by atoms with Crippen LogP contribution in [0.25, 0.3) is 0 Å². The van der Waals surface area contributed by atoms with Crippen LogP contribution in [0.1, 0.15) is 16.7 Å². The van der Waals surface area contributed by atoms with Crippen LogP contribution in [0.4, 0.5) is 5.69 Å². The maximum atomic E-state index is 5.71. The van der Waals surface area contributed by atoms with Crippen LogP contribution in [0.2, 0.25) is 11.6 Å². The molecule has 0 fully saturated rings. The highest BCUT2D eigenvalue weighted by Crippen LogP contribution is 2.30. The van der Waals surface area contributed by atoms with Crippen molar-refractivity contribution in [2.45, 2.75) is 32.3 Å². The summed E-state index contributed by atoms with van der Waals surface area (Å²) in [5, 5.41) is 0. The Kier molecular flexibility index (Phi) is 5.15. The Bertz CT molecular complexity index is 476. The SMILES string of the molecule is Cc1cc(C)c(N2[C]N(CC[O][Al]([CH3])[CH3])C=C2)c(C)c1. The molecule has 1 aliphatic heterocycles. The molecule has 1 heterocycles. The van der Waals surface area contributed by atoms with E-state index in [1.807, 2.05) is 0 Å². The van der Waals surface area contributed by atoms with Gasteiger partial charge >= 0.3 is 14.5 Å². The van der Waals surface area contributed by atoms with E-state index in [1.165, 1.54) is 22.4 Å². The normalized spacial score (nSPS) is 14.2. The lowest BCUT2D eigenvalue weighted by Gasteiger charge is -2.23. The highest BCUT2D eigenvalue weighted by molar-refractivity contribution is 6.48. The second kappa shape index (κ2) is 6.67. The molecular weight excluding hydrogens is 263 g/mol. The van der Waals surface area contributed by atoms with Gasteiger partial charge in [0.05, 0.1) is 0 Å². The number of hydrogen-bond donors (Lipinski definition) is 0. The Hall–Kier alpha value is -0.948. The largest absolute Gasteiger partial charge is 0.500 e. The van der Waals surface area contributed by atoms with E-state index >= 15 is 0 Å². The van der Waals surface area contributed by atoms with Crippen molar-refractivity contribution >= 4 is 20.2 Å². The Balaban J connectivity index is 1.98. The molecule has 0 spiro atoms. The van der Waals surface area contributed by atoms with Crippen molar-refractivity contribution < 1.29 is 3.79 Å². The molecule has 4 heteroatoms. The smallest absolute Gasteiger partial charge is 0.454 e. The molecule has 0 aromatic heterocycles. The van der Waals surface area contributed by atoms with Gasteiger partial charge in [0.2, 0.25) is 6.67 Å². The highest BCUT2D eigenvalue weighted by Gasteiger charge is 2.19. The molecule has 0 N–H and O–H groups in total. The predicted molar refractivity (Wildman–Crippen MR) is 85.7 cm³/mol. The summed E-state index contributed by atoms with van der Waals surface area (Å²) in [7, 11) is 0. The average Bonchev–Trinajstić information content (AvgIpc) is 2.75. The van der Waals surface area contributed by atoms with Gasteiger partial charge in [-0.05, 0) is 31.9 Å². The van der Waals surface area contributed by atoms with E-state index in [2.05, 4.69) is 73.3 Å². The first-order valence-corrected chi connectivity index (χ1v) is 9.95. The first-order chi connectivity index (χ1) is 9.47. The molecule has 20 heavy (non-hydrogen) atoms. The van der Waals surface area contributed by atoms with Crippen LogP contribution in [0.3, 0.4) is 0 Å². The zero-order valence-corrected chi connectivity index (χ0v) is 14.3. The van der Waals surface area contributed by atoms with Gasteiger partial charge in [-0.15, -0.1) is 0 Å². The number of hydrogen-bond acceptors (Lipinski definition) is 3. The van der Waals surface area contributed by atoms with Crippen molar-refractivity contribution in [3.63, 3.8) is 0 Å². The molecule has 2 rings (SSSR count). The molecular formula is C16H23AlN2O. The van der Waals surface area contributed by atoms with Crippen molar-refractivity contribution in [2.75, 3.05) is 18.1 Å². The minimum absolute atomic E-state index is 0.779. The van der Waals surface area contributed by atoms with Crippen molar-refractivity contribution in [3.05, 3.63) is 47.9 Å². The molecule has 0 unspecified atom stereocenters. The lowest BCUT2D eigenvalue weighted by atomic mass is 10.0. The molecule has 0 saturated carbocycles. The summed E-state index contributed by atoms with van der Waals surface area (Å²) in [5.74, 6) is 4.39. The van der Waals surface area contributed by atoms with E-state index in [9.17, 15) is 0 Å². The molecule has 0 bridgehead atoms. The molecule has 106 valence electrons. The molecule has 2 radical (unpaired) electrons. The molecule has 1 aliphatic rings. The molecule has 0 saturated heterocycles. The Morgan fingerprint density at radius 3 is 2.35 bits per heavy atom. The van der Waals surface area contributed by atoms with E-state index in [0.717, 1.165) is 13.2 Å². The van der Waals surface area contributed by atoms with Gasteiger partial charge in [0.15, 0.2) is 0 Å². The van der Waals surface area contributed by atoms with Crippen LogP contribution >= 0.6 is 0 Å². The monoisotopic (exact) mass is 286 g/mol. The van der Waals surface area contributed by atoms with E-state index in [0.29, 0.717) is 0 Å². The quantitative estimate of drug-likeness (QED) is 0.771. The summed E-state index contributed by atoms with van der Waals surface area (Å²) in [6.07, 6.45) is 4.13. The number of rotatable bonds is 5. The second-order valence-electron chi connectivity index (χ2n) is 5.63. The van der Waals surface area contributed by atoms with Gasteiger partial charge in [-0.3, -0.25) is 0 Å². The average molecular weight is 286 g/mol. The fourth-order valence-electron chi connectivity index (χ4n) is 2.54. The van der Waals surface area contributed by atoms with Gasteiger partial charge in [-0.25, -0.2) is 0 Å². The first kappa shape index (κ1) is 15.4. The van der Waals surface area contributed by atoms with Gasteiger partial charge in [-0.1, -0.05) is 29.3 Å². The molecule has 0 amide bonds. The number of aryl methyl sites for hydroxylation is 3. The van der Waals surface area contributed by atoms with Gasteiger partial charge in [0.1, 0.15) is 0 Å². The van der Waals surface area contributed by atoms with Crippen LogP contribution in [0, 0.1) is 27.4 Å².